The van der Waals surface area contributed by atoms with E-state index < -0.39 is 0 Å². The van der Waals surface area contributed by atoms with Crippen molar-refractivity contribution in [3.63, 3.8) is 0 Å². The van der Waals surface area contributed by atoms with Crippen LogP contribution < -0.4 is 10.6 Å². The highest BCUT2D eigenvalue weighted by Crippen LogP contribution is 2.65. The van der Waals surface area contributed by atoms with E-state index in [4.69, 9.17) is 0 Å². The minimum absolute atomic E-state index is 0.0295. The number of hydrogen-bond donors (Lipinski definition) is 2. The van der Waals surface area contributed by atoms with Crippen LogP contribution in [0.5, 0.6) is 0 Å². The Morgan fingerprint density at radius 3 is 2.62 bits per heavy atom. The number of nitrogens with one attached hydrogen (secondary N) is 2. The topological polar surface area (TPSA) is 41.1 Å². The molecule has 2 saturated carbocycles. The van der Waals surface area contributed by atoms with E-state index in [1.165, 1.54) is 19.3 Å². The summed E-state index contributed by atoms with van der Waals surface area (Å²) >= 11 is 0. The molecule has 3 heteroatoms. The quantitative estimate of drug-likeness (QED) is 0.890. The lowest BCUT2D eigenvalue weighted by Crippen LogP contribution is -2.40. The molecular weight excluding hydrogens is 260 g/mol. The third-order valence-electron chi connectivity index (χ3n) is 6.49. The SMILES string of the molecule is CNC(=O)c1cccc(NC2CC3CCC2(C)C3(C)C)c1. The predicted octanol–water partition coefficient (Wildman–Crippen LogP) is 3.67. The fourth-order valence-electron chi connectivity index (χ4n) is 4.52. The summed E-state index contributed by atoms with van der Waals surface area (Å²) in [6.45, 7) is 7.28. The Balaban J connectivity index is 1.81. The normalized spacial score (nSPS) is 33.0. The number of hydrogen-bond acceptors (Lipinski definition) is 2. The van der Waals surface area contributed by atoms with Gasteiger partial charge in [-0.15, -0.1) is 0 Å². The van der Waals surface area contributed by atoms with Crippen molar-refractivity contribution in [1.82, 2.24) is 5.32 Å². The molecule has 2 aliphatic rings. The van der Waals surface area contributed by atoms with E-state index in [1.807, 2.05) is 18.2 Å². The van der Waals surface area contributed by atoms with Gasteiger partial charge in [-0.05, 0) is 54.2 Å². The summed E-state index contributed by atoms with van der Waals surface area (Å²) in [5, 5.41) is 6.39. The average molecular weight is 286 g/mol. The molecule has 3 nitrogen and oxygen atoms in total. The Hall–Kier alpha value is -1.51. The zero-order chi connectivity index (χ0) is 15.3. The molecule has 0 radical (unpaired) electrons. The van der Waals surface area contributed by atoms with Crippen LogP contribution in [-0.4, -0.2) is 19.0 Å². The third-order valence-corrected chi connectivity index (χ3v) is 6.49. The second kappa shape index (κ2) is 4.75. The van der Waals surface area contributed by atoms with Crippen molar-refractivity contribution >= 4 is 11.6 Å². The molecule has 21 heavy (non-hydrogen) atoms. The van der Waals surface area contributed by atoms with Crippen LogP contribution in [0.4, 0.5) is 5.69 Å². The maximum atomic E-state index is 11.8. The summed E-state index contributed by atoms with van der Waals surface area (Å²) < 4.78 is 0. The van der Waals surface area contributed by atoms with E-state index >= 15 is 0 Å². The van der Waals surface area contributed by atoms with Gasteiger partial charge in [0.15, 0.2) is 0 Å². The van der Waals surface area contributed by atoms with Gasteiger partial charge in [0.1, 0.15) is 0 Å². The van der Waals surface area contributed by atoms with E-state index in [0.717, 1.165) is 17.2 Å². The fraction of sp³-hybridized carbons (Fsp3) is 0.611. The minimum atomic E-state index is -0.0295. The highest BCUT2D eigenvalue weighted by Gasteiger charge is 2.61. The van der Waals surface area contributed by atoms with Crippen LogP contribution in [-0.2, 0) is 0 Å². The second-order valence-corrected chi connectivity index (χ2v) is 7.47. The Morgan fingerprint density at radius 2 is 2.05 bits per heavy atom. The lowest BCUT2D eigenvalue weighted by molar-refractivity contribution is 0.0963. The number of rotatable bonds is 3. The van der Waals surface area contributed by atoms with Crippen LogP contribution in [0, 0.1) is 16.7 Å². The summed E-state index contributed by atoms with van der Waals surface area (Å²) in [5.41, 5.74) is 2.53. The maximum Gasteiger partial charge on any atom is 0.251 e. The first-order valence-electron chi connectivity index (χ1n) is 7.97. The summed E-state index contributed by atoms with van der Waals surface area (Å²) in [6, 6.07) is 8.34. The van der Waals surface area contributed by atoms with Crippen molar-refractivity contribution in [2.45, 2.75) is 46.1 Å². The molecule has 3 rings (SSSR count). The van der Waals surface area contributed by atoms with E-state index in [-0.39, 0.29) is 5.91 Å². The molecule has 2 fully saturated rings. The van der Waals surface area contributed by atoms with Gasteiger partial charge < -0.3 is 10.6 Å². The molecule has 2 N–H and O–H groups in total. The molecule has 2 bridgehead atoms. The van der Waals surface area contributed by atoms with Crippen LogP contribution >= 0.6 is 0 Å². The number of fused-ring (bicyclic) bond motifs is 2. The number of amides is 1. The summed E-state index contributed by atoms with van der Waals surface area (Å²) in [6.07, 6.45) is 3.91. The highest BCUT2D eigenvalue weighted by molar-refractivity contribution is 5.94. The molecule has 0 spiro atoms. The summed E-state index contributed by atoms with van der Waals surface area (Å²) in [4.78, 5) is 11.8. The van der Waals surface area contributed by atoms with Crippen LogP contribution in [0.3, 0.4) is 0 Å². The third kappa shape index (κ3) is 2.05. The molecule has 0 aliphatic heterocycles. The molecular formula is C18H26N2O. The van der Waals surface area contributed by atoms with Gasteiger partial charge in [0.05, 0.1) is 0 Å². The van der Waals surface area contributed by atoms with Gasteiger partial charge in [0.2, 0.25) is 0 Å². The largest absolute Gasteiger partial charge is 0.382 e. The van der Waals surface area contributed by atoms with Gasteiger partial charge in [-0.25, -0.2) is 0 Å². The molecule has 0 aromatic heterocycles. The molecule has 3 atom stereocenters. The molecule has 1 amide bonds. The van der Waals surface area contributed by atoms with Crippen LogP contribution in [0.1, 0.15) is 50.4 Å². The molecule has 2 aliphatic carbocycles. The molecule has 1 aromatic carbocycles. The molecule has 0 saturated heterocycles. The summed E-state index contributed by atoms with van der Waals surface area (Å²) in [5.74, 6) is 0.792. The number of carbonyl (C=O) groups is 1. The van der Waals surface area contributed by atoms with Gasteiger partial charge in [-0.2, -0.15) is 0 Å². The number of anilines is 1. The Morgan fingerprint density at radius 1 is 1.29 bits per heavy atom. The van der Waals surface area contributed by atoms with Crippen molar-refractivity contribution in [1.29, 1.82) is 0 Å². The van der Waals surface area contributed by atoms with Crippen LogP contribution in [0.2, 0.25) is 0 Å². The van der Waals surface area contributed by atoms with Gasteiger partial charge in [-0.1, -0.05) is 26.8 Å². The standard InChI is InChI=1S/C18H26N2O/c1-17(2)13-8-9-18(17,3)15(11-13)20-14-7-5-6-12(10-14)16(21)19-4/h5-7,10,13,15,20H,8-9,11H2,1-4H3,(H,19,21). The minimum Gasteiger partial charge on any atom is -0.382 e. The zero-order valence-corrected chi connectivity index (χ0v) is 13.5. The lowest BCUT2D eigenvalue weighted by Gasteiger charge is -2.40. The van der Waals surface area contributed by atoms with Gasteiger partial charge in [0, 0.05) is 24.3 Å². The molecule has 0 heterocycles. The van der Waals surface area contributed by atoms with E-state index in [0.29, 0.717) is 16.9 Å². The smallest absolute Gasteiger partial charge is 0.251 e. The Kier molecular flexibility index (Phi) is 3.27. The van der Waals surface area contributed by atoms with Crippen molar-refractivity contribution in [3.8, 4) is 0 Å². The highest BCUT2D eigenvalue weighted by atomic mass is 16.1. The van der Waals surface area contributed by atoms with Gasteiger partial charge in [0.25, 0.3) is 5.91 Å². The number of benzene rings is 1. The molecule has 114 valence electrons. The average Bonchev–Trinajstić information content (AvgIpc) is 2.80. The predicted molar refractivity (Wildman–Crippen MR) is 86.5 cm³/mol. The zero-order valence-electron chi connectivity index (χ0n) is 13.5. The van der Waals surface area contributed by atoms with Crippen molar-refractivity contribution in [2.24, 2.45) is 16.7 Å². The fourth-order valence-corrected chi connectivity index (χ4v) is 4.52. The lowest BCUT2D eigenvalue weighted by atomic mass is 9.69. The van der Waals surface area contributed by atoms with E-state index in [1.54, 1.807) is 7.05 Å². The summed E-state index contributed by atoms with van der Waals surface area (Å²) in [7, 11) is 1.67. The first-order valence-corrected chi connectivity index (χ1v) is 7.97. The van der Waals surface area contributed by atoms with Crippen molar-refractivity contribution < 1.29 is 4.79 Å². The van der Waals surface area contributed by atoms with Gasteiger partial charge in [-0.3, -0.25) is 4.79 Å². The van der Waals surface area contributed by atoms with Crippen LogP contribution in [0.25, 0.3) is 0 Å². The molecule has 1 aromatic rings. The Bertz CT molecular complexity index is 566. The molecule has 3 unspecified atom stereocenters. The maximum absolute atomic E-state index is 11.8. The second-order valence-electron chi connectivity index (χ2n) is 7.47. The monoisotopic (exact) mass is 286 g/mol. The Labute approximate surface area is 127 Å². The first-order chi connectivity index (χ1) is 9.88. The van der Waals surface area contributed by atoms with Crippen LogP contribution in [0.15, 0.2) is 24.3 Å². The van der Waals surface area contributed by atoms with E-state index in [9.17, 15) is 4.79 Å². The van der Waals surface area contributed by atoms with Crippen molar-refractivity contribution in [2.75, 3.05) is 12.4 Å². The van der Waals surface area contributed by atoms with Gasteiger partial charge >= 0.3 is 0 Å². The first kappa shape index (κ1) is 14.4. The number of carbonyl (C=O) groups excluding carboxylic acids is 1. The van der Waals surface area contributed by atoms with E-state index in [2.05, 4.69) is 37.5 Å². The van der Waals surface area contributed by atoms with Crippen molar-refractivity contribution in [3.05, 3.63) is 29.8 Å².